The van der Waals surface area contributed by atoms with Crippen molar-refractivity contribution in [1.29, 1.82) is 0 Å². The van der Waals surface area contributed by atoms with E-state index < -0.39 is 26.6 Å². The third-order valence-electron chi connectivity index (χ3n) is 5.79. The van der Waals surface area contributed by atoms with E-state index in [1.54, 1.807) is 37.5 Å². The molecule has 1 fully saturated rings. The lowest BCUT2D eigenvalue weighted by molar-refractivity contribution is 0.380. The molecule has 0 radical (unpaired) electrons. The van der Waals surface area contributed by atoms with Gasteiger partial charge in [0.05, 0.1) is 12.2 Å². The van der Waals surface area contributed by atoms with Crippen LogP contribution in [0.5, 0.6) is 5.75 Å². The van der Waals surface area contributed by atoms with E-state index in [9.17, 15) is 23.1 Å². The first kappa shape index (κ1) is 24.0. The number of furan rings is 1. The quantitative estimate of drug-likeness (QED) is 0.284. The number of aromatic nitrogens is 2. The average molecular weight is 531 g/mol. The number of anilines is 4. The predicted molar refractivity (Wildman–Crippen MR) is 134 cm³/mol. The summed E-state index contributed by atoms with van der Waals surface area (Å²) in [5, 5.41) is 17.7. The number of piperazine rings is 1. The normalized spacial score (nSPS) is 14.9. The monoisotopic (exact) mass is 530 g/mol. The summed E-state index contributed by atoms with van der Waals surface area (Å²) in [5.74, 6) is 1.31. The van der Waals surface area contributed by atoms with Crippen molar-refractivity contribution in [2.24, 2.45) is 0 Å². The molecule has 0 spiro atoms. The summed E-state index contributed by atoms with van der Waals surface area (Å²) in [6, 6.07) is 5.23. The molecule has 3 N–H and O–H groups in total. The van der Waals surface area contributed by atoms with Gasteiger partial charge < -0.3 is 25.1 Å². The van der Waals surface area contributed by atoms with Gasteiger partial charge in [0, 0.05) is 44.0 Å². The molecule has 1 aliphatic rings. The standard InChI is InChI=1S/C22H22N6O6S2/c1-13-3-4-14(34-13)11-25-16-17(20(31)19(16)30)26-15-12-35-21(18(15)29)36(32,33)28-9-7-27(8-10-28)22-23-5-2-6-24-22/h2-6,12,25-26,29H,7-11H2,1H3. The molecule has 0 bridgehead atoms. The Hall–Kier alpha value is -3.75. The molecule has 36 heavy (non-hydrogen) atoms. The minimum Gasteiger partial charge on any atom is -0.504 e. The molecule has 5 rings (SSSR count). The molecule has 1 aromatic carbocycles. The molecule has 4 heterocycles. The first-order valence-electron chi connectivity index (χ1n) is 11.0. The molecular formula is C22H22N6O6S2. The summed E-state index contributed by atoms with van der Waals surface area (Å²) in [6.45, 7) is 3.15. The fraction of sp³-hybridized carbons (Fsp3) is 0.273. The predicted octanol–water partition coefficient (Wildman–Crippen LogP) is 1.61. The molecule has 0 unspecified atom stereocenters. The highest BCUT2D eigenvalue weighted by molar-refractivity contribution is 7.91. The Morgan fingerprint density at radius 3 is 2.44 bits per heavy atom. The van der Waals surface area contributed by atoms with Crippen LogP contribution in [0.4, 0.5) is 23.0 Å². The van der Waals surface area contributed by atoms with Crippen LogP contribution in [0.15, 0.2) is 54.2 Å². The minimum absolute atomic E-state index is 0.0267. The zero-order valence-electron chi connectivity index (χ0n) is 19.1. The number of aromatic hydroxyl groups is 1. The van der Waals surface area contributed by atoms with E-state index in [2.05, 4.69) is 20.6 Å². The Labute approximate surface area is 209 Å². The largest absolute Gasteiger partial charge is 0.504 e. The van der Waals surface area contributed by atoms with Crippen LogP contribution in [-0.2, 0) is 16.6 Å². The molecule has 0 amide bonds. The van der Waals surface area contributed by atoms with E-state index in [1.807, 2.05) is 4.90 Å². The molecule has 4 aromatic rings. The number of rotatable bonds is 8. The van der Waals surface area contributed by atoms with Crippen LogP contribution >= 0.6 is 11.3 Å². The highest BCUT2D eigenvalue weighted by Crippen LogP contribution is 2.41. The average Bonchev–Trinajstić information content (AvgIpc) is 3.48. The van der Waals surface area contributed by atoms with Crippen molar-refractivity contribution in [2.45, 2.75) is 17.7 Å². The molecule has 188 valence electrons. The second kappa shape index (κ2) is 9.37. The van der Waals surface area contributed by atoms with Gasteiger partial charge >= 0.3 is 0 Å². The van der Waals surface area contributed by atoms with Gasteiger partial charge in [0.2, 0.25) is 5.95 Å². The van der Waals surface area contributed by atoms with Crippen LogP contribution in [-0.4, -0.2) is 54.0 Å². The van der Waals surface area contributed by atoms with Crippen LogP contribution in [0.3, 0.4) is 0 Å². The summed E-state index contributed by atoms with van der Waals surface area (Å²) < 4.78 is 32.9. The van der Waals surface area contributed by atoms with Gasteiger partial charge in [-0.25, -0.2) is 18.4 Å². The second-order valence-electron chi connectivity index (χ2n) is 8.12. The second-order valence-corrected chi connectivity index (χ2v) is 11.1. The summed E-state index contributed by atoms with van der Waals surface area (Å²) in [4.78, 5) is 34.5. The minimum atomic E-state index is -3.99. The molecule has 1 aliphatic heterocycles. The smallest absolute Gasteiger partial charge is 0.256 e. The summed E-state index contributed by atoms with van der Waals surface area (Å²) in [7, 11) is -3.99. The van der Waals surface area contributed by atoms with Gasteiger partial charge in [-0.05, 0) is 25.1 Å². The summed E-state index contributed by atoms with van der Waals surface area (Å²) in [5.41, 5.74) is -1.44. The van der Waals surface area contributed by atoms with Gasteiger partial charge in [-0.15, -0.1) is 11.3 Å². The van der Waals surface area contributed by atoms with E-state index in [-0.39, 0.29) is 40.9 Å². The zero-order chi connectivity index (χ0) is 25.4. The number of thiophene rings is 1. The zero-order valence-corrected chi connectivity index (χ0v) is 20.7. The Balaban J connectivity index is 1.29. The van der Waals surface area contributed by atoms with Crippen molar-refractivity contribution < 1.29 is 17.9 Å². The lowest BCUT2D eigenvalue weighted by Crippen LogP contribution is -2.49. The third kappa shape index (κ3) is 4.34. The van der Waals surface area contributed by atoms with E-state index in [4.69, 9.17) is 4.42 Å². The Kier molecular flexibility index (Phi) is 6.24. The Morgan fingerprint density at radius 1 is 1.08 bits per heavy atom. The summed E-state index contributed by atoms with van der Waals surface area (Å²) >= 11 is 0.832. The number of hydrogen-bond acceptors (Lipinski definition) is 12. The molecule has 12 nitrogen and oxygen atoms in total. The number of sulfonamides is 1. The van der Waals surface area contributed by atoms with E-state index in [0.29, 0.717) is 30.6 Å². The van der Waals surface area contributed by atoms with Crippen molar-refractivity contribution in [3.8, 4) is 5.75 Å². The van der Waals surface area contributed by atoms with E-state index >= 15 is 0 Å². The van der Waals surface area contributed by atoms with E-state index in [0.717, 1.165) is 11.3 Å². The maximum Gasteiger partial charge on any atom is 0.256 e. The van der Waals surface area contributed by atoms with Crippen molar-refractivity contribution in [3.05, 3.63) is 67.9 Å². The maximum absolute atomic E-state index is 13.2. The molecule has 1 saturated heterocycles. The topological polar surface area (TPSA) is 158 Å². The first-order valence-corrected chi connectivity index (χ1v) is 13.3. The number of aryl methyl sites for hydroxylation is 1. The van der Waals surface area contributed by atoms with Gasteiger partial charge in [0.15, 0.2) is 9.96 Å². The van der Waals surface area contributed by atoms with Crippen molar-refractivity contribution in [2.75, 3.05) is 41.7 Å². The molecule has 0 saturated carbocycles. The van der Waals surface area contributed by atoms with Crippen LogP contribution < -0.4 is 26.4 Å². The number of hydrogen-bond donors (Lipinski definition) is 3. The van der Waals surface area contributed by atoms with Gasteiger partial charge in [-0.1, -0.05) is 0 Å². The lowest BCUT2D eigenvalue weighted by Gasteiger charge is -2.33. The SMILES string of the molecule is Cc1ccc(CNc2c(Nc3csc(S(=O)(=O)N4CCN(c5ncccn5)CC4)c3O)c(=O)c2=O)o1. The summed E-state index contributed by atoms with van der Waals surface area (Å²) in [6.07, 6.45) is 3.25. The maximum atomic E-state index is 13.2. The highest BCUT2D eigenvalue weighted by Gasteiger charge is 2.34. The van der Waals surface area contributed by atoms with Crippen LogP contribution in [0, 0.1) is 6.92 Å². The molecule has 0 aliphatic carbocycles. The van der Waals surface area contributed by atoms with E-state index in [1.165, 1.54) is 9.69 Å². The fourth-order valence-corrected chi connectivity index (χ4v) is 6.67. The number of nitrogens with zero attached hydrogens (tertiary/aromatic N) is 4. The fourth-order valence-electron chi connectivity index (χ4n) is 3.88. The lowest BCUT2D eigenvalue weighted by atomic mass is 10.2. The van der Waals surface area contributed by atoms with Gasteiger partial charge in [-0.2, -0.15) is 4.31 Å². The van der Waals surface area contributed by atoms with Crippen LogP contribution in [0.1, 0.15) is 11.5 Å². The van der Waals surface area contributed by atoms with Crippen molar-refractivity contribution in [1.82, 2.24) is 14.3 Å². The Bertz CT molecular complexity index is 1560. The third-order valence-corrected chi connectivity index (χ3v) is 9.17. The van der Waals surface area contributed by atoms with Crippen molar-refractivity contribution >= 4 is 44.4 Å². The number of nitrogens with one attached hydrogen (secondary N) is 2. The van der Waals surface area contributed by atoms with Crippen molar-refractivity contribution in [3.63, 3.8) is 0 Å². The van der Waals surface area contributed by atoms with Gasteiger partial charge in [-0.3, -0.25) is 9.59 Å². The molecule has 0 atom stereocenters. The van der Waals surface area contributed by atoms with Crippen LogP contribution in [0.2, 0.25) is 0 Å². The van der Waals surface area contributed by atoms with Gasteiger partial charge in [0.25, 0.3) is 20.9 Å². The highest BCUT2D eigenvalue weighted by atomic mass is 32.2. The molecule has 14 heteroatoms. The molecule has 3 aromatic heterocycles. The van der Waals surface area contributed by atoms with Crippen LogP contribution in [0.25, 0.3) is 0 Å². The first-order chi connectivity index (χ1) is 17.3. The Morgan fingerprint density at radius 2 is 1.78 bits per heavy atom. The van der Waals surface area contributed by atoms with Gasteiger partial charge in [0.1, 0.15) is 22.9 Å². The molecular weight excluding hydrogens is 508 g/mol.